The van der Waals surface area contributed by atoms with Crippen molar-refractivity contribution in [3.8, 4) is 0 Å². The van der Waals surface area contributed by atoms with E-state index in [0.717, 1.165) is 17.8 Å². The Morgan fingerprint density at radius 2 is 2.11 bits per heavy atom. The molecule has 0 saturated carbocycles. The van der Waals surface area contributed by atoms with Gasteiger partial charge in [-0.05, 0) is 24.6 Å². The Morgan fingerprint density at radius 1 is 1.42 bits per heavy atom. The maximum absolute atomic E-state index is 12.8. The number of hydrogen-bond donors (Lipinski definition) is 1. The summed E-state index contributed by atoms with van der Waals surface area (Å²) in [6.07, 6.45) is -4.53. The molecule has 0 atom stereocenters. The second-order valence-corrected chi connectivity index (χ2v) is 4.60. The van der Waals surface area contributed by atoms with Gasteiger partial charge < -0.3 is 9.84 Å². The molecule has 1 aromatic rings. The SMILES string of the molecule is CCOC(=O)CSc1ccc(CO)cc1C(F)(F)F. The zero-order chi connectivity index (χ0) is 14.5. The van der Waals surface area contributed by atoms with Gasteiger partial charge in [-0.15, -0.1) is 11.8 Å². The standard InChI is InChI=1S/C12H13F3O3S/c1-2-18-11(17)7-19-10-4-3-8(6-16)5-9(10)12(13,14)15/h3-5,16H,2,6-7H2,1H3. The van der Waals surface area contributed by atoms with E-state index in [-0.39, 0.29) is 22.8 Å². The van der Waals surface area contributed by atoms with E-state index in [9.17, 15) is 18.0 Å². The van der Waals surface area contributed by atoms with Crippen molar-refractivity contribution in [1.82, 2.24) is 0 Å². The third kappa shape index (κ3) is 4.76. The van der Waals surface area contributed by atoms with E-state index in [1.807, 2.05) is 0 Å². The van der Waals surface area contributed by atoms with Crippen LogP contribution in [0, 0.1) is 0 Å². The molecular formula is C12H13F3O3S. The molecule has 0 unspecified atom stereocenters. The summed E-state index contributed by atoms with van der Waals surface area (Å²) in [7, 11) is 0. The number of ether oxygens (including phenoxy) is 1. The molecular weight excluding hydrogens is 281 g/mol. The maximum Gasteiger partial charge on any atom is 0.417 e. The molecule has 0 aliphatic rings. The number of thioether (sulfide) groups is 1. The monoisotopic (exact) mass is 294 g/mol. The number of carbonyl (C=O) groups excluding carboxylic acids is 1. The van der Waals surface area contributed by atoms with Crippen LogP contribution in [0.5, 0.6) is 0 Å². The van der Waals surface area contributed by atoms with Crippen molar-refractivity contribution in [1.29, 1.82) is 0 Å². The highest BCUT2D eigenvalue weighted by molar-refractivity contribution is 8.00. The summed E-state index contributed by atoms with van der Waals surface area (Å²) >= 11 is 0.765. The minimum absolute atomic E-state index is 0.0576. The molecule has 7 heteroatoms. The molecule has 0 radical (unpaired) electrons. The van der Waals surface area contributed by atoms with Gasteiger partial charge in [-0.1, -0.05) is 6.07 Å². The molecule has 1 N–H and O–H groups in total. The molecule has 1 aromatic carbocycles. The van der Waals surface area contributed by atoms with E-state index in [1.165, 1.54) is 12.1 Å². The lowest BCUT2D eigenvalue weighted by molar-refractivity contribution is -0.141. The molecule has 0 heterocycles. The van der Waals surface area contributed by atoms with Crippen LogP contribution in [0.1, 0.15) is 18.1 Å². The Kier molecular flexibility index (Phi) is 5.68. The van der Waals surface area contributed by atoms with Crippen LogP contribution in [0.2, 0.25) is 0 Å². The maximum atomic E-state index is 12.8. The highest BCUT2D eigenvalue weighted by Crippen LogP contribution is 2.37. The number of halogens is 3. The molecule has 106 valence electrons. The molecule has 0 aromatic heterocycles. The summed E-state index contributed by atoms with van der Waals surface area (Å²) in [5, 5.41) is 8.86. The van der Waals surface area contributed by atoms with Crippen molar-refractivity contribution in [3.63, 3.8) is 0 Å². The van der Waals surface area contributed by atoms with E-state index >= 15 is 0 Å². The molecule has 0 aliphatic carbocycles. The van der Waals surface area contributed by atoms with Crippen molar-refractivity contribution >= 4 is 17.7 Å². The van der Waals surface area contributed by atoms with Crippen LogP contribution in [0.25, 0.3) is 0 Å². The highest BCUT2D eigenvalue weighted by atomic mass is 32.2. The van der Waals surface area contributed by atoms with Crippen LogP contribution >= 0.6 is 11.8 Å². The number of esters is 1. The van der Waals surface area contributed by atoms with Gasteiger partial charge in [0, 0.05) is 4.90 Å². The van der Waals surface area contributed by atoms with Gasteiger partial charge in [0.25, 0.3) is 0 Å². The van der Waals surface area contributed by atoms with Crippen LogP contribution in [0.3, 0.4) is 0 Å². The van der Waals surface area contributed by atoms with Gasteiger partial charge in [-0.25, -0.2) is 0 Å². The number of carbonyl (C=O) groups is 1. The average Bonchev–Trinajstić information content (AvgIpc) is 2.35. The van der Waals surface area contributed by atoms with Crippen LogP contribution in [-0.2, 0) is 22.3 Å². The number of aliphatic hydroxyl groups excluding tert-OH is 1. The van der Waals surface area contributed by atoms with E-state index in [2.05, 4.69) is 4.74 Å². The summed E-state index contributed by atoms with van der Waals surface area (Å²) in [6, 6.07) is 3.52. The third-order valence-corrected chi connectivity index (χ3v) is 3.23. The molecule has 19 heavy (non-hydrogen) atoms. The Labute approximate surface area is 112 Å². The Balaban J connectivity index is 2.91. The lowest BCUT2D eigenvalue weighted by Gasteiger charge is -2.13. The van der Waals surface area contributed by atoms with Crippen molar-refractivity contribution in [3.05, 3.63) is 29.3 Å². The summed E-state index contributed by atoms with van der Waals surface area (Å²) in [5.41, 5.74) is -0.679. The van der Waals surface area contributed by atoms with E-state index in [1.54, 1.807) is 6.92 Å². The zero-order valence-electron chi connectivity index (χ0n) is 10.2. The fourth-order valence-corrected chi connectivity index (χ4v) is 2.21. The number of benzene rings is 1. The summed E-state index contributed by atoms with van der Waals surface area (Å²) in [4.78, 5) is 11.1. The Hall–Kier alpha value is -1.21. The van der Waals surface area contributed by atoms with Crippen molar-refractivity contribution in [2.75, 3.05) is 12.4 Å². The predicted octanol–water partition coefficient (Wildman–Crippen LogP) is 2.85. The van der Waals surface area contributed by atoms with E-state index in [4.69, 9.17) is 5.11 Å². The molecule has 0 aliphatic heterocycles. The largest absolute Gasteiger partial charge is 0.465 e. The van der Waals surface area contributed by atoms with Crippen LogP contribution in [-0.4, -0.2) is 23.4 Å². The van der Waals surface area contributed by atoms with Gasteiger partial charge in [-0.2, -0.15) is 13.2 Å². The topological polar surface area (TPSA) is 46.5 Å². The molecule has 0 fully saturated rings. The average molecular weight is 294 g/mol. The van der Waals surface area contributed by atoms with Gasteiger partial charge in [0.15, 0.2) is 0 Å². The second kappa shape index (κ2) is 6.81. The minimum Gasteiger partial charge on any atom is -0.465 e. The fourth-order valence-electron chi connectivity index (χ4n) is 1.36. The third-order valence-electron chi connectivity index (χ3n) is 2.18. The Morgan fingerprint density at radius 3 is 2.63 bits per heavy atom. The van der Waals surface area contributed by atoms with Crippen molar-refractivity contribution < 1.29 is 27.8 Å². The number of hydrogen-bond acceptors (Lipinski definition) is 4. The van der Waals surface area contributed by atoms with Gasteiger partial charge >= 0.3 is 12.1 Å². The molecule has 3 nitrogen and oxygen atoms in total. The Bertz CT molecular complexity index is 446. The normalized spacial score (nSPS) is 11.4. The van der Waals surface area contributed by atoms with E-state index in [0.29, 0.717) is 0 Å². The summed E-state index contributed by atoms with van der Waals surface area (Å²) in [6.45, 7) is 1.35. The second-order valence-electron chi connectivity index (χ2n) is 3.58. The highest BCUT2D eigenvalue weighted by Gasteiger charge is 2.33. The molecule has 0 spiro atoms. The number of alkyl halides is 3. The minimum atomic E-state index is -4.53. The summed E-state index contributed by atoms with van der Waals surface area (Å²) in [5.74, 6) is -0.748. The first kappa shape index (κ1) is 15.8. The van der Waals surface area contributed by atoms with Gasteiger partial charge in [0.05, 0.1) is 24.5 Å². The first-order chi connectivity index (χ1) is 8.88. The van der Waals surface area contributed by atoms with Crippen molar-refractivity contribution in [2.24, 2.45) is 0 Å². The van der Waals surface area contributed by atoms with E-state index < -0.39 is 24.3 Å². The van der Waals surface area contributed by atoms with Crippen molar-refractivity contribution in [2.45, 2.75) is 24.6 Å². The first-order valence-electron chi connectivity index (χ1n) is 5.48. The van der Waals surface area contributed by atoms with Gasteiger partial charge in [0.2, 0.25) is 0 Å². The molecule has 0 bridgehead atoms. The lowest BCUT2D eigenvalue weighted by atomic mass is 10.1. The number of rotatable bonds is 5. The smallest absolute Gasteiger partial charge is 0.417 e. The number of aliphatic hydroxyl groups is 1. The van der Waals surface area contributed by atoms with Gasteiger partial charge in [0.1, 0.15) is 0 Å². The quantitative estimate of drug-likeness (QED) is 0.670. The molecule has 0 saturated heterocycles. The first-order valence-corrected chi connectivity index (χ1v) is 6.46. The van der Waals surface area contributed by atoms with Crippen LogP contribution < -0.4 is 0 Å². The predicted molar refractivity (Wildman–Crippen MR) is 64.7 cm³/mol. The molecule has 0 amide bonds. The zero-order valence-corrected chi connectivity index (χ0v) is 11.0. The molecule has 1 rings (SSSR count). The van der Waals surface area contributed by atoms with Crippen LogP contribution in [0.4, 0.5) is 13.2 Å². The lowest BCUT2D eigenvalue weighted by Crippen LogP contribution is -2.10. The van der Waals surface area contributed by atoms with Crippen LogP contribution in [0.15, 0.2) is 23.1 Å². The summed E-state index contributed by atoms with van der Waals surface area (Å²) < 4.78 is 43.1. The fraction of sp³-hybridized carbons (Fsp3) is 0.417. The van der Waals surface area contributed by atoms with Gasteiger partial charge in [-0.3, -0.25) is 4.79 Å².